The van der Waals surface area contributed by atoms with Crippen molar-refractivity contribution in [1.29, 1.82) is 0 Å². The molecule has 2 atom stereocenters. The van der Waals surface area contributed by atoms with Crippen LogP contribution in [0.3, 0.4) is 0 Å². The summed E-state index contributed by atoms with van der Waals surface area (Å²) in [4.78, 5) is 2.30. The Hall–Kier alpha value is -0.610. The Bertz CT molecular complexity index is 369. The molecule has 2 unspecified atom stereocenters. The molecule has 0 amide bonds. The van der Waals surface area contributed by atoms with E-state index in [0.717, 1.165) is 49.5 Å². The Balaban J connectivity index is 1.80. The summed E-state index contributed by atoms with van der Waals surface area (Å²) in [5.41, 5.74) is 7.29. The topological polar surface area (TPSA) is 49.5 Å². The third-order valence-corrected chi connectivity index (χ3v) is 3.79. The van der Waals surface area contributed by atoms with E-state index < -0.39 is 0 Å². The molecule has 1 aliphatic heterocycles. The number of likely N-dealkylation sites (tertiary alicyclic amines) is 1. The number of halogens is 1. The molecule has 0 radical (unpaired) electrons. The van der Waals surface area contributed by atoms with Gasteiger partial charge in [-0.1, -0.05) is 23.7 Å². The smallest absolute Gasteiger partial charge is 0.0667 e. The van der Waals surface area contributed by atoms with Crippen molar-refractivity contribution in [3.8, 4) is 0 Å². The van der Waals surface area contributed by atoms with Crippen LogP contribution in [0.2, 0.25) is 5.02 Å². The van der Waals surface area contributed by atoms with Crippen LogP contribution >= 0.6 is 11.6 Å². The first-order valence-electron chi connectivity index (χ1n) is 6.56. The summed E-state index contributed by atoms with van der Waals surface area (Å²) in [6, 6.07) is 7.76. The van der Waals surface area contributed by atoms with Gasteiger partial charge in [-0.2, -0.15) is 0 Å². The lowest BCUT2D eigenvalue weighted by atomic mass is 10.0. The predicted molar refractivity (Wildman–Crippen MR) is 74.7 cm³/mol. The average molecular weight is 269 g/mol. The van der Waals surface area contributed by atoms with E-state index in [1.807, 2.05) is 24.3 Å². The molecule has 2 rings (SSSR count). The van der Waals surface area contributed by atoms with E-state index in [0.29, 0.717) is 0 Å². The van der Waals surface area contributed by atoms with Crippen molar-refractivity contribution in [3.05, 3.63) is 34.9 Å². The number of nitrogens with two attached hydrogens (primary N) is 1. The minimum absolute atomic E-state index is 0.0429. The van der Waals surface area contributed by atoms with Crippen LogP contribution in [0.15, 0.2) is 24.3 Å². The number of hydrogen-bond acceptors (Lipinski definition) is 3. The molecule has 0 saturated carbocycles. The van der Waals surface area contributed by atoms with Crippen molar-refractivity contribution in [2.24, 2.45) is 5.73 Å². The van der Waals surface area contributed by atoms with Crippen LogP contribution < -0.4 is 5.73 Å². The van der Waals surface area contributed by atoms with Crippen molar-refractivity contribution < 1.29 is 5.11 Å². The third kappa shape index (κ3) is 3.95. The molecule has 1 aliphatic rings. The van der Waals surface area contributed by atoms with Crippen molar-refractivity contribution in [1.82, 2.24) is 4.90 Å². The van der Waals surface area contributed by atoms with Gasteiger partial charge in [0.2, 0.25) is 0 Å². The molecule has 0 spiro atoms. The highest BCUT2D eigenvalue weighted by molar-refractivity contribution is 6.30. The van der Waals surface area contributed by atoms with Gasteiger partial charge in [-0.05, 0) is 43.5 Å². The largest absolute Gasteiger partial charge is 0.392 e. The van der Waals surface area contributed by atoms with Crippen LogP contribution in [0.5, 0.6) is 0 Å². The first-order chi connectivity index (χ1) is 8.65. The summed E-state index contributed by atoms with van der Waals surface area (Å²) in [5, 5.41) is 10.3. The van der Waals surface area contributed by atoms with E-state index in [1.54, 1.807) is 0 Å². The van der Waals surface area contributed by atoms with Gasteiger partial charge in [0.15, 0.2) is 0 Å². The summed E-state index contributed by atoms with van der Waals surface area (Å²) < 4.78 is 0. The molecule has 0 aromatic heterocycles. The second-order valence-electron chi connectivity index (χ2n) is 5.04. The van der Waals surface area contributed by atoms with Gasteiger partial charge < -0.3 is 15.7 Å². The van der Waals surface area contributed by atoms with Crippen LogP contribution in [-0.2, 0) is 0 Å². The Morgan fingerprint density at radius 2 is 2.11 bits per heavy atom. The van der Waals surface area contributed by atoms with E-state index >= 15 is 0 Å². The standard InChI is InChI=1S/C14H21ClN2O/c15-12-5-3-11(4-6-12)14(16)7-9-17-8-1-2-13(18)10-17/h3-6,13-14,18H,1-2,7-10,16H2. The van der Waals surface area contributed by atoms with Gasteiger partial charge in [0, 0.05) is 24.2 Å². The molecular formula is C14H21ClN2O. The second-order valence-corrected chi connectivity index (χ2v) is 5.48. The lowest BCUT2D eigenvalue weighted by molar-refractivity contribution is 0.0692. The Kier molecular flexibility index (Phi) is 5.01. The molecule has 0 aliphatic carbocycles. The lowest BCUT2D eigenvalue weighted by Crippen LogP contribution is -2.39. The number of rotatable bonds is 4. The highest BCUT2D eigenvalue weighted by Crippen LogP contribution is 2.18. The molecule has 1 aromatic rings. The number of piperidine rings is 1. The van der Waals surface area contributed by atoms with Crippen LogP contribution in [0, 0.1) is 0 Å². The monoisotopic (exact) mass is 268 g/mol. The highest BCUT2D eigenvalue weighted by atomic mass is 35.5. The van der Waals surface area contributed by atoms with Gasteiger partial charge in [-0.3, -0.25) is 0 Å². The SMILES string of the molecule is NC(CCN1CCCC(O)C1)c1ccc(Cl)cc1. The molecular weight excluding hydrogens is 248 g/mol. The van der Waals surface area contributed by atoms with Crippen LogP contribution in [0.4, 0.5) is 0 Å². The molecule has 1 fully saturated rings. The maximum Gasteiger partial charge on any atom is 0.0667 e. The number of nitrogens with zero attached hydrogens (tertiary/aromatic N) is 1. The molecule has 1 saturated heterocycles. The zero-order chi connectivity index (χ0) is 13.0. The van der Waals surface area contributed by atoms with Gasteiger partial charge in [0.1, 0.15) is 0 Å². The van der Waals surface area contributed by atoms with Gasteiger partial charge >= 0.3 is 0 Å². The maximum absolute atomic E-state index is 9.60. The van der Waals surface area contributed by atoms with Crippen molar-refractivity contribution in [3.63, 3.8) is 0 Å². The number of benzene rings is 1. The summed E-state index contributed by atoms with van der Waals surface area (Å²) >= 11 is 5.85. The first kappa shape index (κ1) is 13.8. The van der Waals surface area contributed by atoms with Crippen molar-refractivity contribution in [2.75, 3.05) is 19.6 Å². The summed E-state index contributed by atoms with van der Waals surface area (Å²) in [5.74, 6) is 0. The Morgan fingerprint density at radius 3 is 2.78 bits per heavy atom. The third-order valence-electron chi connectivity index (χ3n) is 3.54. The molecule has 18 heavy (non-hydrogen) atoms. The van der Waals surface area contributed by atoms with Crippen LogP contribution in [0.25, 0.3) is 0 Å². The number of β-amino-alcohol motifs (C(OH)–C–C–N with tert-alkyl or cyclic N) is 1. The summed E-state index contributed by atoms with van der Waals surface area (Å²) in [7, 11) is 0. The summed E-state index contributed by atoms with van der Waals surface area (Å²) in [6.07, 6.45) is 2.76. The van der Waals surface area contributed by atoms with Gasteiger partial charge in [-0.25, -0.2) is 0 Å². The molecule has 4 heteroatoms. The highest BCUT2D eigenvalue weighted by Gasteiger charge is 2.18. The van der Waals surface area contributed by atoms with E-state index in [4.69, 9.17) is 17.3 Å². The van der Waals surface area contributed by atoms with Gasteiger partial charge in [-0.15, -0.1) is 0 Å². The molecule has 0 bridgehead atoms. The predicted octanol–water partition coefficient (Wildman–Crippen LogP) is 2.19. The molecule has 3 nitrogen and oxygen atoms in total. The zero-order valence-electron chi connectivity index (χ0n) is 10.6. The zero-order valence-corrected chi connectivity index (χ0v) is 11.3. The Labute approximate surface area is 114 Å². The Morgan fingerprint density at radius 1 is 1.39 bits per heavy atom. The van der Waals surface area contributed by atoms with Gasteiger partial charge in [0.05, 0.1) is 6.10 Å². The van der Waals surface area contributed by atoms with E-state index in [-0.39, 0.29) is 12.1 Å². The molecule has 100 valence electrons. The number of aliphatic hydroxyl groups is 1. The fourth-order valence-electron chi connectivity index (χ4n) is 2.43. The molecule has 1 aromatic carbocycles. The van der Waals surface area contributed by atoms with Crippen molar-refractivity contribution >= 4 is 11.6 Å². The normalized spacial score (nSPS) is 22.9. The second kappa shape index (κ2) is 6.53. The average Bonchev–Trinajstić information content (AvgIpc) is 2.37. The number of aliphatic hydroxyl groups excluding tert-OH is 1. The van der Waals surface area contributed by atoms with Crippen LogP contribution in [-0.4, -0.2) is 35.7 Å². The van der Waals surface area contributed by atoms with Crippen LogP contribution in [0.1, 0.15) is 30.9 Å². The molecule has 1 heterocycles. The summed E-state index contributed by atoms with van der Waals surface area (Å²) in [6.45, 7) is 2.80. The van der Waals surface area contributed by atoms with E-state index in [9.17, 15) is 5.11 Å². The maximum atomic E-state index is 9.60. The minimum Gasteiger partial charge on any atom is -0.392 e. The van der Waals surface area contributed by atoms with Crippen molar-refractivity contribution in [2.45, 2.75) is 31.4 Å². The fraction of sp³-hybridized carbons (Fsp3) is 0.571. The molecule has 3 N–H and O–H groups in total. The fourth-order valence-corrected chi connectivity index (χ4v) is 2.56. The quantitative estimate of drug-likeness (QED) is 0.880. The minimum atomic E-state index is -0.162. The first-order valence-corrected chi connectivity index (χ1v) is 6.94. The van der Waals surface area contributed by atoms with E-state index in [2.05, 4.69) is 4.90 Å². The lowest BCUT2D eigenvalue weighted by Gasteiger charge is -2.30. The van der Waals surface area contributed by atoms with Gasteiger partial charge in [0.25, 0.3) is 0 Å². The number of hydrogen-bond donors (Lipinski definition) is 2. The van der Waals surface area contributed by atoms with E-state index in [1.165, 1.54) is 0 Å².